The number of carbonyl (C=O) groups is 1. The van der Waals surface area contributed by atoms with Crippen molar-refractivity contribution in [3.8, 4) is 0 Å². The van der Waals surface area contributed by atoms with Crippen LogP contribution in [0.5, 0.6) is 0 Å². The van der Waals surface area contributed by atoms with E-state index in [2.05, 4.69) is 34.6 Å². The zero-order valence-electron chi connectivity index (χ0n) is 15.2. The van der Waals surface area contributed by atoms with Gasteiger partial charge in [0.1, 0.15) is 5.54 Å². The van der Waals surface area contributed by atoms with Gasteiger partial charge in [0.2, 0.25) is 5.91 Å². The molecule has 0 aromatic rings. The van der Waals surface area contributed by atoms with Crippen LogP contribution in [-0.4, -0.2) is 42.1 Å². The third-order valence-corrected chi connectivity index (χ3v) is 6.22. The number of nitrogens with zero attached hydrogens (tertiary/aromatic N) is 1. The van der Waals surface area contributed by atoms with Crippen LogP contribution in [0.1, 0.15) is 60.8 Å². The van der Waals surface area contributed by atoms with Gasteiger partial charge in [-0.1, -0.05) is 34.6 Å². The first kappa shape index (κ1) is 17.7. The molecule has 4 nitrogen and oxygen atoms in total. The predicted octanol–water partition coefficient (Wildman–Crippen LogP) is 2.80. The summed E-state index contributed by atoms with van der Waals surface area (Å²) in [5.41, 5.74) is 5.80. The molecule has 1 aliphatic heterocycles. The van der Waals surface area contributed by atoms with Gasteiger partial charge in [-0.25, -0.2) is 0 Å². The minimum atomic E-state index is -0.762. The smallest absolute Gasteiger partial charge is 0.243 e. The molecule has 128 valence electrons. The quantitative estimate of drug-likeness (QED) is 0.872. The van der Waals surface area contributed by atoms with Crippen LogP contribution in [0.2, 0.25) is 0 Å². The zero-order valence-corrected chi connectivity index (χ0v) is 15.2. The molecule has 2 rings (SSSR count). The standard InChI is InChI=1S/C18H34N2O2/c1-7-22-14-12-18(19,17(14,5)6)15(21)20-10-8-13(9-11-20)16(2,3)4/h13-14H,7-12,19H2,1-6H3. The van der Waals surface area contributed by atoms with Gasteiger partial charge < -0.3 is 15.4 Å². The van der Waals surface area contributed by atoms with Crippen molar-refractivity contribution in [1.29, 1.82) is 0 Å². The number of amides is 1. The minimum absolute atomic E-state index is 0.0959. The SMILES string of the molecule is CCOC1CC(N)(C(=O)N2CCC(C(C)(C)C)CC2)C1(C)C. The van der Waals surface area contributed by atoms with Gasteiger partial charge in [0.15, 0.2) is 0 Å². The summed E-state index contributed by atoms with van der Waals surface area (Å²) in [6.45, 7) is 15.4. The number of carbonyl (C=O) groups excluding carboxylic acids is 1. The maximum absolute atomic E-state index is 13.0. The van der Waals surface area contributed by atoms with Crippen molar-refractivity contribution in [2.24, 2.45) is 22.5 Å². The van der Waals surface area contributed by atoms with Crippen LogP contribution in [0.4, 0.5) is 0 Å². The molecular weight excluding hydrogens is 276 g/mol. The molecule has 1 heterocycles. The summed E-state index contributed by atoms with van der Waals surface area (Å²) in [6.07, 6.45) is 2.91. The fourth-order valence-electron chi connectivity index (χ4n) is 4.03. The average molecular weight is 310 g/mol. The third kappa shape index (κ3) is 2.80. The Kier molecular flexibility index (Phi) is 4.67. The first-order valence-corrected chi connectivity index (χ1v) is 8.74. The number of nitrogens with two attached hydrogens (primary N) is 1. The monoisotopic (exact) mass is 310 g/mol. The lowest BCUT2D eigenvalue weighted by molar-refractivity contribution is -0.180. The van der Waals surface area contributed by atoms with E-state index in [4.69, 9.17) is 10.5 Å². The van der Waals surface area contributed by atoms with E-state index in [0.717, 1.165) is 25.9 Å². The topological polar surface area (TPSA) is 55.6 Å². The lowest BCUT2D eigenvalue weighted by Gasteiger charge is -2.59. The highest BCUT2D eigenvalue weighted by molar-refractivity contribution is 5.89. The van der Waals surface area contributed by atoms with Gasteiger partial charge >= 0.3 is 0 Å². The Labute approximate surface area is 135 Å². The Hall–Kier alpha value is -0.610. The molecule has 2 N–H and O–H groups in total. The number of piperidine rings is 1. The second-order valence-corrected chi connectivity index (χ2v) is 8.77. The van der Waals surface area contributed by atoms with Crippen molar-refractivity contribution in [2.75, 3.05) is 19.7 Å². The van der Waals surface area contributed by atoms with Crippen molar-refractivity contribution in [1.82, 2.24) is 4.90 Å². The highest BCUT2D eigenvalue weighted by Gasteiger charge is 2.63. The molecule has 0 spiro atoms. The van der Waals surface area contributed by atoms with E-state index in [9.17, 15) is 4.79 Å². The highest BCUT2D eigenvalue weighted by Crippen LogP contribution is 2.51. The Morgan fingerprint density at radius 2 is 1.82 bits per heavy atom. The number of hydrogen-bond donors (Lipinski definition) is 1. The van der Waals surface area contributed by atoms with Gasteiger partial charge in [-0.2, -0.15) is 0 Å². The molecule has 4 heteroatoms. The maximum Gasteiger partial charge on any atom is 0.243 e. The zero-order chi connectivity index (χ0) is 16.8. The lowest BCUT2D eigenvalue weighted by atomic mass is 9.54. The van der Waals surface area contributed by atoms with E-state index in [-0.39, 0.29) is 17.4 Å². The van der Waals surface area contributed by atoms with Crippen LogP contribution in [0.15, 0.2) is 0 Å². The second-order valence-electron chi connectivity index (χ2n) is 8.77. The van der Waals surface area contributed by atoms with Crippen LogP contribution in [0, 0.1) is 16.7 Å². The van der Waals surface area contributed by atoms with Crippen LogP contribution >= 0.6 is 0 Å². The maximum atomic E-state index is 13.0. The van der Waals surface area contributed by atoms with Gasteiger partial charge in [-0.15, -0.1) is 0 Å². The predicted molar refractivity (Wildman–Crippen MR) is 89.5 cm³/mol. The molecule has 1 aliphatic carbocycles. The van der Waals surface area contributed by atoms with E-state index < -0.39 is 5.54 Å². The van der Waals surface area contributed by atoms with E-state index in [1.807, 2.05) is 11.8 Å². The Morgan fingerprint density at radius 1 is 1.27 bits per heavy atom. The van der Waals surface area contributed by atoms with Crippen molar-refractivity contribution >= 4 is 5.91 Å². The van der Waals surface area contributed by atoms with Crippen molar-refractivity contribution < 1.29 is 9.53 Å². The largest absolute Gasteiger partial charge is 0.378 e. The molecule has 2 fully saturated rings. The number of ether oxygens (including phenoxy) is 1. The summed E-state index contributed by atoms with van der Waals surface area (Å²) < 4.78 is 5.74. The molecule has 1 amide bonds. The summed E-state index contributed by atoms with van der Waals surface area (Å²) in [5.74, 6) is 0.816. The lowest BCUT2D eigenvalue weighted by Crippen LogP contribution is -2.76. The minimum Gasteiger partial charge on any atom is -0.378 e. The Balaban J connectivity index is 1.99. The number of likely N-dealkylation sites (tertiary alicyclic amines) is 1. The number of hydrogen-bond acceptors (Lipinski definition) is 3. The Morgan fingerprint density at radius 3 is 2.23 bits per heavy atom. The van der Waals surface area contributed by atoms with E-state index in [1.165, 1.54) is 0 Å². The molecule has 2 aliphatic rings. The van der Waals surface area contributed by atoms with E-state index in [0.29, 0.717) is 24.4 Å². The summed E-state index contributed by atoms with van der Waals surface area (Å²) in [4.78, 5) is 15.0. The second kappa shape index (κ2) is 5.79. The molecule has 2 unspecified atom stereocenters. The van der Waals surface area contributed by atoms with Crippen molar-refractivity contribution in [2.45, 2.75) is 72.4 Å². The van der Waals surface area contributed by atoms with Crippen LogP contribution in [0.25, 0.3) is 0 Å². The van der Waals surface area contributed by atoms with Crippen molar-refractivity contribution in [3.05, 3.63) is 0 Å². The summed E-state index contributed by atoms with van der Waals surface area (Å²) >= 11 is 0. The van der Waals surface area contributed by atoms with E-state index in [1.54, 1.807) is 0 Å². The summed E-state index contributed by atoms with van der Waals surface area (Å²) in [7, 11) is 0. The van der Waals surface area contributed by atoms with Crippen LogP contribution in [-0.2, 0) is 9.53 Å². The Bertz CT molecular complexity index is 419. The highest BCUT2D eigenvalue weighted by atomic mass is 16.5. The van der Waals surface area contributed by atoms with Crippen LogP contribution in [0.3, 0.4) is 0 Å². The summed E-state index contributed by atoms with van der Waals surface area (Å²) in [5, 5.41) is 0. The summed E-state index contributed by atoms with van der Waals surface area (Å²) in [6, 6.07) is 0. The third-order valence-electron chi connectivity index (χ3n) is 6.22. The van der Waals surface area contributed by atoms with Gasteiger partial charge in [-0.3, -0.25) is 4.79 Å². The first-order valence-electron chi connectivity index (χ1n) is 8.74. The molecule has 0 bridgehead atoms. The fraction of sp³-hybridized carbons (Fsp3) is 0.944. The average Bonchev–Trinajstić information content (AvgIpc) is 2.45. The van der Waals surface area contributed by atoms with Gasteiger partial charge in [0.05, 0.1) is 6.10 Å². The molecule has 1 saturated heterocycles. The van der Waals surface area contributed by atoms with Gasteiger partial charge in [0.25, 0.3) is 0 Å². The van der Waals surface area contributed by atoms with Gasteiger partial charge in [-0.05, 0) is 31.1 Å². The van der Waals surface area contributed by atoms with Crippen molar-refractivity contribution in [3.63, 3.8) is 0 Å². The molecule has 0 aromatic heterocycles. The van der Waals surface area contributed by atoms with E-state index >= 15 is 0 Å². The normalized spacial score (nSPS) is 32.7. The molecular formula is C18H34N2O2. The number of rotatable bonds is 3. The molecule has 2 atom stereocenters. The molecule has 1 saturated carbocycles. The van der Waals surface area contributed by atoms with Gasteiger partial charge in [0, 0.05) is 31.5 Å². The molecule has 0 aromatic carbocycles. The fourth-order valence-corrected chi connectivity index (χ4v) is 4.03. The molecule has 22 heavy (non-hydrogen) atoms. The first-order chi connectivity index (χ1) is 10.0. The van der Waals surface area contributed by atoms with Crippen LogP contribution < -0.4 is 5.73 Å². The molecule has 0 radical (unpaired) electrons.